The van der Waals surface area contributed by atoms with E-state index in [-0.39, 0.29) is 24.2 Å². The summed E-state index contributed by atoms with van der Waals surface area (Å²) in [7, 11) is -3.85. The number of ether oxygens (including phenoxy) is 1. The van der Waals surface area contributed by atoms with Gasteiger partial charge in [0.2, 0.25) is 21.8 Å². The first-order valence-corrected chi connectivity index (χ1v) is 14.9. The summed E-state index contributed by atoms with van der Waals surface area (Å²) in [5.41, 5.74) is 1.04. The lowest BCUT2D eigenvalue weighted by Gasteiger charge is -2.33. The van der Waals surface area contributed by atoms with Crippen LogP contribution in [0, 0.1) is 0 Å². The van der Waals surface area contributed by atoms with Crippen molar-refractivity contribution in [1.82, 2.24) is 10.2 Å². The summed E-state index contributed by atoms with van der Waals surface area (Å²) in [4.78, 5) is 28.4. The normalized spacial score (nSPS) is 15.0. The van der Waals surface area contributed by atoms with Crippen LogP contribution in [0.15, 0.2) is 48.5 Å². The monoisotopic (exact) mass is 549 g/mol. The van der Waals surface area contributed by atoms with Gasteiger partial charge in [0.05, 0.1) is 18.6 Å². The van der Waals surface area contributed by atoms with Crippen molar-refractivity contribution in [1.29, 1.82) is 0 Å². The van der Waals surface area contributed by atoms with E-state index in [1.807, 2.05) is 0 Å². The highest BCUT2D eigenvalue weighted by Gasteiger charge is 2.32. The molecule has 1 N–H and O–H groups in total. The Hall–Kier alpha value is -2.78. The van der Waals surface area contributed by atoms with E-state index in [2.05, 4.69) is 5.32 Å². The number of nitrogens with zero attached hydrogens (tertiary/aromatic N) is 2. The Labute approximate surface area is 225 Å². The molecule has 1 unspecified atom stereocenters. The van der Waals surface area contributed by atoms with Crippen LogP contribution >= 0.6 is 11.6 Å². The molecule has 8 nitrogen and oxygen atoms in total. The molecule has 1 atom stereocenters. The van der Waals surface area contributed by atoms with Crippen LogP contribution in [0.2, 0.25) is 5.02 Å². The highest BCUT2D eigenvalue weighted by Crippen LogP contribution is 2.30. The molecule has 0 aliphatic heterocycles. The number of nitrogens with one attached hydrogen (secondary N) is 1. The number of amides is 2. The number of sulfonamides is 1. The molecule has 1 saturated carbocycles. The molecule has 37 heavy (non-hydrogen) atoms. The molecule has 0 saturated heterocycles. The summed E-state index contributed by atoms with van der Waals surface area (Å²) >= 11 is 6.03. The number of anilines is 1. The molecule has 2 aromatic rings. The average Bonchev–Trinajstić information content (AvgIpc) is 2.87. The number of carbonyl (C=O) groups is 2. The van der Waals surface area contributed by atoms with Gasteiger partial charge in [-0.3, -0.25) is 13.9 Å². The van der Waals surface area contributed by atoms with Crippen LogP contribution < -0.4 is 14.4 Å². The van der Waals surface area contributed by atoms with Gasteiger partial charge >= 0.3 is 0 Å². The minimum absolute atomic E-state index is 0.0850. The van der Waals surface area contributed by atoms with Crippen LogP contribution in [-0.2, 0) is 26.2 Å². The maximum Gasteiger partial charge on any atom is 0.244 e. The number of halogens is 1. The Morgan fingerprint density at radius 1 is 1.08 bits per heavy atom. The first kappa shape index (κ1) is 28.8. The van der Waals surface area contributed by atoms with Gasteiger partial charge in [-0.25, -0.2) is 8.42 Å². The fourth-order valence-corrected chi connectivity index (χ4v) is 5.45. The largest absolute Gasteiger partial charge is 0.492 e. The quantitative estimate of drug-likeness (QED) is 0.449. The van der Waals surface area contributed by atoms with Crippen molar-refractivity contribution in [2.24, 2.45) is 0 Å². The fraction of sp³-hybridized carbons (Fsp3) is 0.481. The van der Waals surface area contributed by atoms with Crippen molar-refractivity contribution < 1.29 is 22.7 Å². The summed E-state index contributed by atoms with van der Waals surface area (Å²) in [6, 6.07) is 13.0. The Morgan fingerprint density at radius 2 is 1.73 bits per heavy atom. The van der Waals surface area contributed by atoms with Gasteiger partial charge in [0.15, 0.2) is 0 Å². The van der Waals surface area contributed by atoms with Crippen molar-refractivity contribution >= 4 is 39.1 Å². The summed E-state index contributed by atoms with van der Waals surface area (Å²) in [6.45, 7) is 3.46. The smallest absolute Gasteiger partial charge is 0.244 e. The molecule has 0 heterocycles. The van der Waals surface area contributed by atoms with E-state index in [4.69, 9.17) is 16.3 Å². The standard InChI is InChI=1S/C27H36ClN3O5S/c1-4-36-25-13-9-8-12-24(25)31(37(3,34)35)19-26(32)30(18-21-14-16-22(28)17-15-21)20(2)27(33)29-23-10-6-5-7-11-23/h8-9,12-17,20,23H,4-7,10-11,18-19H2,1-3H3,(H,29,33). The molecule has 10 heteroatoms. The summed E-state index contributed by atoms with van der Waals surface area (Å²) in [6.07, 6.45) is 6.17. The summed E-state index contributed by atoms with van der Waals surface area (Å²) in [5.74, 6) is -0.400. The number of benzene rings is 2. The number of hydrogen-bond acceptors (Lipinski definition) is 5. The lowest BCUT2D eigenvalue weighted by Crippen LogP contribution is -2.53. The van der Waals surface area contributed by atoms with Gasteiger partial charge in [0, 0.05) is 17.6 Å². The van der Waals surface area contributed by atoms with Crippen molar-refractivity contribution in [3.05, 3.63) is 59.1 Å². The van der Waals surface area contributed by atoms with Crippen LogP contribution in [0.3, 0.4) is 0 Å². The maximum absolute atomic E-state index is 13.7. The predicted molar refractivity (Wildman–Crippen MR) is 146 cm³/mol. The molecule has 3 rings (SSSR count). The van der Waals surface area contributed by atoms with Crippen molar-refractivity contribution in [3.63, 3.8) is 0 Å². The lowest BCUT2D eigenvalue weighted by molar-refractivity contribution is -0.139. The highest BCUT2D eigenvalue weighted by molar-refractivity contribution is 7.92. The highest BCUT2D eigenvalue weighted by atomic mass is 35.5. The van der Waals surface area contributed by atoms with E-state index in [1.165, 1.54) is 4.90 Å². The summed E-state index contributed by atoms with van der Waals surface area (Å²) in [5, 5.41) is 3.64. The first-order chi connectivity index (χ1) is 17.6. The molecule has 1 aliphatic rings. The molecular formula is C27H36ClN3O5S. The third-order valence-electron chi connectivity index (χ3n) is 6.50. The lowest BCUT2D eigenvalue weighted by atomic mass is 9.95. The van der Waals surface area contributed by atoms with E-state index >= 15 is 0 Å². The zero-order chi connectivity index (χ0) is 27.0. The first-order valence-electron chi connectivity index (χ1n) is 12.6. The molecule has 0 bridgehead atoms. The average molecular weight is 550 g/mol. The van der Waals surface area contributed by atoms with Gasteiger partial charge in [-0.1, -0.05) is 55.1 Å². The number of hydrogen-bond donors (Lipinski definition) is 1. The predicted octanol–water partition coefficient (Wildman–Crippen LogP) is 4.37. The van der Waals surface area contributed by atoms with Crippen molar-refractivity contribution in [2.75, 3.05) is 23.7 Å². The van der Waals surface area contributed by atoms with Gasteiger partial charge in [0.1, 0.15) is 18.3 Å². The van der Waals surface area contributed by atoms with E-state index in [0.29, 0.717) is 17.4 Å². The minimum atomic E-state index is -3.85. The molecule has 2 amide bonds. The van der Waals surface area contributed by atoms with Crippen LogP contribution in [0.4, 0.5) is 5.69 Å². The molecule has 1 aliphatic carbocycles. The van der Waals surface area contributed by atoms with Crippen molar-refractivity contribution in [3.8, 4) is 5.75 Å². The third kappa shape index (κ3) is 8.10. The van der Waals surface area contributed by atoms with Crippen LogP contribution in [0.25, 0.3) is 0 Å². The molecule has 0 spiro atoms. The minimum Gasteiger partial charge on any atom is -0.492 e. The molecule has 202 valence electrons. The third-order valence-corrected chi connectivity index (χ3v) is 7.88. The van der Waals surface area contributed by atoms with Gasteiger partial charge < -0.3 is 15.0 Å². The number of rotatable bonds is 11. The Morgan fingerprint density at radius 3 is 2.35 bits per heavy atom. The second-order valence-electron chi connectivity index (χ2n) is 9.34. The zero-order valence-corrected chi connectivity index (χ0v) is 23.2. The van der Waals surface area contributed by atoms with Gasteiger partial charge in [-0.05, 0) is 56.5 Å². The Bertz CT molecular complexity index is 1170. The van der Waals surface area contributed by atoms with Crippen LogP contribution in [0.1, 0.15) is 51.5 Å². The molecule has 1 fully saturated rings. The Kier molecular flexibility index (Phi) is 10.2. The SMILES string of the molecule is CCOc1ccccc1N(CC(=O)N(Cc1ccc(Cl)cc1)C(C)C(=O)NC1CCCCC1)S(C)(=O)=O. The van der Waals surface area contributed by atoms with Gasteiger partial charge in [-0.15, -0.1) is 0 Å². The van der Waals surface area contributed by atoms with Crippen LogP contribution in [0.5, 0.6) is 5.75 Å². The Balaban J connectivity index is 1.89. The number of carbonyl (C=O) groups excluding carboxylic acids is 2. The maximum atomic E-state index is 13.7. The van der Waals surface area contributed by atoms with E-state index in [1.54, 1.807) is 62.4 Å². The fourth-order valence-electron chi connectivity index (χ4n) is 4.47. The van der Waals surface area contributed by atoms with Crippen LogP contribution in [-0.4, -0.2) is 56.6 Å². The molecular weight excluding hydrogens is 514 g/mol. The topological polar surface area (TPSA) is 96.0 Å². The van der Waals surface area contributed by atoms with Gasteiger partial charge in [0.25, 0.3) is 0 Å². The molecule has 0 radical (unpaired) electrons. The second-order valence-corrected chi connectivity index (χ2v) is 11.7. The summed E-state index contributed by atoms with van der Waals surface area (Å²) < 4.78 is 32.3. The number of para-hydroxylation sites is 2. The molecule has 0 aromatic heterocycles. The van der Waals surface area contributed by atoms with E-state index in [9.17, 15) is 18.0 Å². The molecule has 2 aromatic carbocycles. The van der Waals surface area contributed by atoms with E-state index in [0.717, 1.165) is 48.2 Å². The zero-order valence-electron chi connectivity index (χ0n) is 21.7. The van der Waals surface area contributed by atoms with Gasteiger partial charge in [-0.2, -0.15) is 0 Å². The van der Waals surface area contributed by atoms with E-state index < -0.39 is 28.5 Å². The second kappa shape index (κ2) is 13.1. The van der Waals surface area contributed by atoms with Crippen molar-refractivity contribution in [2.45, 2.75) is 64.6 Å².